The highest BCUT2D eigenvalue weighted by Gasteiger charge is 2.32. The molecule has 2 aromatic heterocycles. The van der Waals surface area contributed by atoms with E-state index in [0.29, 0.717) is 41.7 Å². The lowest BCUT2D eigenvalue weighted by Gasteiger charge is -2.35. The summed E-state index contributed by atoms with van der Waals surface area (Å²) in [6.45, 7) is 3.02. The predicted octanol–water partition coefficient (Wildman–Crippen LogP) is 4.62. The van der Waals surface area contributed by atoms with Crippen LogP contribution < -0.4 is 15.0 Å². The minimum absolute atomic E-state index is 0.0888. The number of hydrogen-bond acceptors (Lipinski definition) is 7. The minimum atomic E-state index is -0.277. The van der Waals surface area contributed by atoms with Gasteiger partial charge in [-0.1, -0.05) is 31.9 Å². The van der Waals surface area contributed by atoms with Crippen molar-refractivity contribution in [1.82, 2.24) is 30.1 Å². The molecular formula is C28H33FN6O3. The second kappa shape index (κ2) is 11.3. The van der Waals surface area contributed by atoms with E-state index >= 15 is 0 Å². The summed E-state index contributed by atoms with van der Waals surface area (Å²) < 4.78 is 26.1. The zero-order valence-corrected chi connectivity index (χ0v) is 22.0. The molecule has 5 rings (SSSR count). The number of fused-ring (bicyclic) bond motifs is 1. The lowest BCUT2D eigenvalue weighted by Crippen LogP contribution is -2.39. The van der Waals surface area contributed by atoms with Crippen LogP contribution in [0.1, 0.15) is 62.0 Å². The van der Waals surface area contributed by atoms with Gasteiger partial charge in [0.25, 0.3) is 5.56 Å². The van der Waals surface area contributed by atoms with Crippen LogP contribution in [0.25, 0.3) is 10.9 Å². The van der Waals surface area contributed by atoms with Crippen molar-refractivity contribution < 1.29 is 13.9 Å². The van der Waals surface area contributed by atoms with Gasteiger partial charge in [-0.25, -0.2) is 9.07 Å². The lowest BCUT2D eigenvalue weighted by molar-refractivity contribution is 0.112. The molecule has 0 amide bonds. The SMILES string of the molecule is CC[C@H](c1nnnn1Cc1ccc(F)cc1)N(Cc1cc2cc(OC)c(OC)cc2[nH]c1=O)C1CCCC1. The number of ether oxygens (including phenoxy) is 2. The summed E-state index contributed by atoms with van der Waals surface area (Å²) in [5.41, 5.74) is 2.15. The number of aromatic amines is 1. The number of methoxy groups -OCH3 is 2. The van der Waals surface area contributed by atoms with Gasteiger partial charge in [-0.05, 0) is 59.5 Å². The van der Waals surface area contributed by atoms with Gasteiger partial charge >= 0.3 is 0 Å². The van der Waals surface area contributed by atoms with Crippen molar-refractivity contribution in [3.05, 3.63) is 75.6 Å². The Labute approximate surface area is 220 Å². The standard InChI is InChI=1S/C28H33FN6O3/c1-4-24(27-31-32-33-35(27)16-18-9-11-21(29)12-10-18)34(22-7-5-6-8-22)17-20-13-19-14-25(37-2)26(38-3)15-23(19)30-28(20)36/h9-15,22,24H,4-8,16-17H2,1-3H3,(H,30,36)/t24-/m1/s1. The van der Waals surface area contributed by atoms with E-state index in [1.54, 1.807) is 37.1 Å². The van der Waals surface area contributed by atoms with E-state index in [9.17, 15) is 9.18 Å². The molecule has 2 heterocycles. The average Bonchev–Trinajstić information content (AvgIpc) is 3.62. The zero-order valence-electron chi connectivity index (χ0n) is 22.0. The number of nitrogens with zero attached hydrogens (tertiary/aromatic N) is 5. The van der Waals surface area contributed by atoms with Gasteiger partial charge in [0, 0.05) is 29.6 Å². The molecule has 200 valence electrons. The van der Waals surface area contributed by atoms with Crippen molar-refractivity contribution >= 4 is 10.9 Å². The van der Waals surface area contributed by atoms with Crippen molar-refractivity contribution in [2.75, 3.05) is 14.2 Å². The first-order chi connectivity index (χ1) is 18.5. The van der Waals surface area contributed by atoms with Crippen LogP contribution in [0.5, 0.6) is 11.5 Å². The molecular weight excluding hydrogens is 487 g/mol. The number of hydrogen-bond donors (Lipinski definition) is 1. The topological polar surface area (TPSA) is 98.2 Å². The Kier molecular flexibility index (Phi) is 7.69. The Hall–Kier alpha value is -3.79. The molecule has 1 aliphatic rings. The molecule has 4 aromatic rings. The van der Waals surface area contributed by atoms with Gasteiger partial charge in [0.2, 0.25) is 0 Å². The first-order valence-electron chi connectivity index (χ1n) is 13.0. The summed E-state index contributed by atoms with van der Waals surface area (Å²) >= 11 is 0. The fourth-order valence-electron chi connectivity index (χ4n) is 5.51. The number of benzene rings is 2. The van der Waals surface area contributed by atoms with Crippen LogP contribution in [-0.2, 0) is 13.1 Å². The highest BCUT2D eigenvalue weighted by atomic mass is 19.1. The fraction of sp³-hybridized carbons (Fsp3) is 0.429. The maximum absolute atomic E-state index is 13.4. The van der Waals surface area contributed by atoms with Crippen molar-refractivity contribution in [2.24, 2.45) is 0 Å². The molecule has 10 heteroatoms. The number of pyridine rings is 1. The molecule has 1 N–H and O–H groups in total. The van der Waals surface area contributed by atoms with Crippen LogP contribution in [0, 0.1) is 5.82 Å². The van der Waals surface area contributed by atoms with Crippen LogP contribution in [0.2, 0.25) is 0 Å². The Morgan fingerprint density at radius 1 is 1.11 bits per heavy atom. The van der Waals surface area contributed by atoms with E-state index in [4.69, 9.17) is 9.47 Å². The normalized spacial score (nSPS) is 14.9. The molecule has 1 aliphatic carbocycles. The highest BCUT2D eigenvalue weighted by molar-refractivity contribution is 5.83. The maximum atomic E-state index is 13.4. The van der Waals surface area contributed by atoms with Crippen LogP contribution in [0.4, 0.5) is 4.39 Å². The molecule has 0 radical (unpaired) electrons. The first kappa shape index (κ1) is 25.8. The van der Waals surface area contributed by atoms with Crippen LogP contribution in [0.3, 0.4) is 0 Å². The van der Waals surface area contributed by atoms with Gasteiger partial charge in [-0.3, -0.25) is 9.69 Å². The van der Waals surface area contributed by atoms with E-state index in [1.165, 1.54) is 12.1 Å². The second-order valence-corrected chi connectivity index (χ2v) is 9.77. The van der Waals surface area contributed by atoms with E-state index in [-0.39, 0.29) is 17.4 Å². The van der Waals surface area contributed by atoms with Crippen LogP contribution in [0.15, 0.2) is 47.3 Å². The molecule has 1 saturated carbocycles. The third-order valence-corrected chi connectivity index (χ3v) is 7.46. The maximum Gasteiger partial charge on any atom is 0.252 e. The monoisotopic (exact) mass is 520 g/mol. The van der Waals surface area contributed by atoms with Gasteiger partial charge < -0.3 is 14.5 Å². The van der Waals surface area contributed by atoms with Gasteiger partial charge in [-0.2, -0.15) is 0 Å². The second-order valence-electron chi connectivity index (χ2n) is 9.77. The van der Waals surface area contributed by atoms with E-state index in [1.807, 2.05) is 12.1 Å². The highest BCUT2D eigenvalue weighted by Crippen LogP contribution is 2.35. The Morgan fingerprint density at radius 2 is 1.82 bits per heavy atom. The first-order valence-corrected chi connectivity index (χ1v) is 13.0. The molecule has 0 unspecified atom stereocenters. The third kappa shape index (κ3) is 5.26. The third-order valence-electron chi connectivity index (χ3n) is 7.46. The van der Waals surface area contributed by atoms with Crippen molar-refractivity contribution in [1.29, 1.82) is 0 Å². The Balaban J connectivity index is 1.50. The Morgan fingerprint density at radius 3 is 2.50 bits per heavy atom. The van der Waals surface area contributed by atoms with Gasteiger partial charge in [0.05, 0.1) is 32.3 Å². The lowest BCUT2D eigenvalue weighted by atomic mass is 10.0. The summed E-state index contributed by atoms with van der Waals surface area (Å²) in [5.74, 6) is 1.64. The van der Waals surface area contributed by atoms with Crippen molar-refractivity contribution in [3.63, 3.8) is 0 Å². The zero-order chi connectivity index (χ0) is 26.6. The molecule has 1 fully saturated rings. The predicted molar refractivity (Wildman–Crippen MR) is 142 cm³/mol. The number of tetrazole rings is 1. The molecule has 1 atom stereocenters. The summed E-state index contributed by atoms with van der Waals surface area (Å²) in [4.78, 5) is 18.7. The largest absolute Gasteiger partial charge is 0.493 e. The van der Waals surface area contributed by atoms with Crippen molar-refractivity contribution in [3.8, 4) is 11.5 Å². The van der Waals surface area contributed by atoms with E-state index < -0.39 is 0 Å². The molecule has 0 spiro atoms. The average molecular weight is 521 g/mol. The number of H-pyrrole nitrogens is 1. The molecule has 0 saturated heterocycles. The molecule has 0 bridgehead atoms. The summed E-state index contributed by atoms with van der Waals surface area (Å²) in [6.07, 6.45) is 5.21. The molecule has 2 aromatic carbocycles. The summed E-state index contributed by atoms with van der Waals surface area (Å²) in [6, 6.07) is 12.2. The summed E-state index contributed by atoms with van der Waals surface area (Å²) in [7, 11) is 3.17. The number of nitrogens with one attached hydrogen (secondary N) is 1. The number of halogens is 1. The number of rotatable bonds is 10. The van der Waals surface area contributed by atoms with Crippen molar-refractivity contribution in [2.45, 2.75) is 64.2 Å². The number of aromatic nitrogens is 5. The molecule has 9 nitrogen and oxygen atoms in total. The molecule has 0 aliphatic heterocycles. The van der Waals surface area contributed by atoms with Crippen LogP contribution >= 0.6 is 0 Å². The van der Waals surface area contributed by atoms with Gasteiger partial charge in [0.15, 0.2) is 17.3 Å². The molecule has 38 heavy (non-hydrogen) atoms. The van der Waals surface area contributed by atoms with Gasteiger partial charge in [-0.15, -0.1) is 5.10 Å². The van der Waals surface area contributed by atoms with E-state index in [0.717, 1.165) is 48.9 Å². The minimum Gasteiger partial charge on any atom is -0.493 e. The van der Waals surface area contributed by atoms with E-state index in [2.05, 4.69) is 32.3 Å². The quantitative estimate of drug-likeness (QED) is 0.326. The van der Waals surface area contributed by atoms with Crippen LogP contribution in [-0.4, -0.2) is 50.4 Å². The van der Waals surface area contributed by atoms with Gasteiger partial charge in [0.1, 0.15) is 5.82 Å². The smallest absolute Gasteiger partial charge is 0.252 e. The Bertz CT molecular complexity index is 1450. The summed E-state index contributed by atoms with van der Waals surface area (Å²) in [5, 5.41) is 13.5. The fourth-order valence-corrected chi connectivity index (χ4v) is 5.51.